The van der Waals surface area contributed by atoms with Crippen LogP contribution >= 0.6 is 36.2 Å². The summed E-state index contributed by atoms with van der Waals surface area (Å²) in [6.45, 7) is 4.43. The zero-order chi connectivity index (χ0) is 9.23. The topological polar surface area (TPSA) is 0 Å². The molecule has 0 aromatic heterocycles. The van der Waals surface area contributed by atoms with Crippen molar-refractivity contribution in [1.82, 2.24) is 0 Å². The van der Waals surface area contributed by atoms with Gasteiger partial charge in [-0.3, -0.25) is 0 Å². The lowest BCUT2D eigenvalue weighted by molar-refractivity contribution is 1.05. The molecule has 1 atom stereocenters. The zero-order valence-corrected chi connectivity index (χ0v) is 10.6. The zero-order valence-electron chi connectivity index (χ0n) is 8.08. The first-order chi connectivity index (χ1) is 5.81. The Morgan fingerprint density at radius 2 is 1.92 bits per heavy atom. The van der Waals surface area contributed by atoms with Crippen molar-refractivity contribution in [2.75, 3.05) is 17.3 Å². The molecule has 74 valence electrons. The van der Waals surface area contributed by atoms with Crippen LogP contribution < -0.4 is 0 Å². The molecule has 0 saturated carbocycles. The Bertz CT molecular complexity index is 85.8. The van der Waals surface area contributed by atoms with E-state index >= 15 is 0 Å². The van der Waals surface area contributed by atoms with Crippen LogP contribution in [0.4, 0.5) is 0 Å². The molecular weight excluding hydrogens is 204 g/mol. The molecule has 0 N–H and O–H groups in total. The van der Waals surface area contributed by atoms with Crippen LogP contribution in [-0.2, 0) is 0 Å². The van der Waals surface area contributed by atoms with Gasteiger partial charge in [0.15, 0.2) is 0 Å². The summed E-state index contributed by atoms with van der Waals surface area (Å²) in [5.74, 6) is 3.92. The molecule has 0 radical (unpaired) electrons. The third kappa shape index (κ3) is 9.14. The quantitative estimate of drug-likeness (QED) is 0.377. The van der Waals surface area contributed by atoms with Crippen LogP contribution in [0, 0.1) is 0 Å². The third-order valence-electron chi connectivity index (χ3n) is 1.44. The lowest BCUT2D eigenvalue weighted by Crippen LogP contribution is -1.92. The van der Waals surface area contributed by atoms with Crippen molar-refractivity contribution in [2.24, 2.45) is 0 Å². The minimum Gasteiger partial charge on any atom is -0.165 e. The average Bonchev–Trinajstić information content (AvgIpc) is 2.10. The summed E-state index contributed by atoms with van der Waals surface area (Å²) >= 11 is 8.49. The Morgan fingerprint density at radius 3 is 2.50 bits per heavy atom. The van der Waals surface area contributed by atoms with Crippen LogP contribution in [-0.4, -0.2) is 21.8 Å². The van der Waals surface area contributed by atoms with Crippen molar-refractivity contribution in [1.29, 1.82) is 0 Å². The molecule has 0 aliphatic carbocycles. The van der Waals surface area contributed by atoms with E-state index in [0.29, 0.717) is 4.58 Å². The Hall–Kier alpha value is 1.05. The standard InChI is InChI=1S/C9H20S3/c1-3-6-11-7-5-8-12-9(10)4-2/h9-10H,3-8H2,1-2H3. The number of rotatable bonds is 8. The SMILES string of the molecule is CCCSCCCSC(S)CC. The average molecular weight is 224 g/mol. The lowest BCUT2D eigenvalue weighted by Gasteiger charge is -2.06. The second kappa shape index (κ2) is 10.1. The van der Waals surface area contributed by atoms with Gasteiger partial charge in [0.25, 0.3) is 0 Å². The summed E-state index contributed by atoms with van der Waals surface area (Å²) in [4.78, 5) is 0. The van der Waals surface area contributed by atoms with Crippen LogP contribution in [0.15, 0.2) is 0 Å². The van der Waals surface area contributed by atoms with Gasteiger partial charge < -0.3 is 0 Å². The summed E-state index contributed by atoms with van der Waals surface area (Å²) in [5.41, 5.74) is 0. The van der Waals surface area contributed by atoms with E-state index in [9.17, 15) is 0 Å². The van der Waals surface area contributed by atoms with Crippen molar-refractivity contribution in [3.8, 4) is 0 Å². The maximum Gasteiger partial charge on any atom is 0.0469 e. The summed E-state index contributed by atoms with van der Waals surface area (Å²) in [7, 11) is 0. The largest absolute Gasteiger partial charge is 0.165 e. The molecule has 0 aliphatic heterocycles. The van der Waals surface area contributed by atoms with E-state index in [2.05, 4.69) is 38.2 Å². The van der Waals surface area contributed by atoms with E-state index in [1.54, 1.807) is 0 Å². The summed E-state index contributed by atoms with van der Waals surface area (Å²) < 4.78 is 0.557. The smallest absolute Gasteiger partial charge is 0.0469 e. The van der Waals surface area contributed by atoms with Crippen molar-refractivity contribution in [2.45, 2.75) is 37.7 Å². The predicted molar refractivity (Wildman–Crippen MR) is 67.8 cm³/mol. The Morgan fingerprint density at radius 1 is 1.17 bits per heavy atom. The molecule has 0 fully saturated rings. The van der Waals surface area contributed by atoms with Gasteiger partial charge in [-0.05, 0) is 36.5 Å². The molecule has 0 amide bonds. The Labute approximate surface area is 91.1 Å². The highest BCUT2D eigenvalue weighted by Crippen LogP contribution is 2.19. The monoisotopic (exact) mass is 224 g/mol. The highest BCUT2D eigenvalue weighted by Gasteiger charge is 1.98. The molecule has 0 heterocycles. The van der Waals surface area contributed by atoms with Gasteiger partial charge in [0.2, 0.25) is 0 Å². The highest BCUT2D eigenvalue weighted by atomic mass is 32.2. The predicted octanol–water partition coefficient (Wildman–Crippen LogP) is 3.92. The first-order valence-electron chi connectivity index (χ1n) is 4.68. The summed E-state index contributed by atoms with van der Waals surface area (Å²) in [6, 6.07) is 0. The molecule has 1 unspecified atom stereocenters. The van der Waals surface area contributed by atoms with E-state index in [1.807, 2.05) is 11.8 Å². The number of thiol groups is 1. The van der Waals surface area contributed by atoms with E-state index in [0.717, 1.165) is 0 Å². The maximum absolute atomic E-state index is 4.43. The van der Waals surface area contributed by atoms with Crippen molar-refractivity contribution in [3.63, 3.8) is 0 Å². The molecule has 0 aliphatic rings. The second-order valence-electron chi connectivity index (χ2n) is 2.70. The van der Waals surface area contributed by atoms with Crippen molar-refractivity contribution < 1.29 is 0 Å². The number of hydrogen-bond donors (Lipinski definition) is 1. The van der Waals surface area contributed by atoms with Gasteiger partial charge >= 0.3 is 0 Å². The van der Waals surface area contributed by atoms with Gasteiger partial charge in [0.05, 0.1) is 0 Å². The first kappa shape index (κ1) is 13.1. The molecule has 0 aromatic rings. The molecule has 0 rings (SSSR count). The summed E-state index contributed by atoms with van der Waals surface area (Å²) in [5, 5.41) is 0. The fraction of sp³-hybridized carbons (Fsp3) is 1.00. The fourth-order valence-corrected chi connectivity index (χ4v) is 2.90. The van der Waals surface area contributed by atoms with E-state index in [4.69, 9.17) is 0 Å². The van der Waals surface area contributed by atoms with Gasteiger partial charge in [-0.2, -0.15) is 24.4 Å². The van der Waals surface area contributed by atoms with Crippen molar-refractivity contribution in [3.05, 3.63) is 0 Å². The van der Waals surface area contributed by atoms with E-state index in [1.165, 1.54) is 36.5 Å². The van der Waals surface area contributed by atoms with Gasteiger partial charge in [0.1, 0.15) is 0 Å². The molecular formula is C9H20S3. The molecule has 12 heavy (non-hydrogen) atoms. The van der Waals surface area contributed by atoms with Crippen LogP contribution in [0.5, 0.6) is 0 Å². The molecule has 0 nitrogen and oxygen atoms in total. The minimum absolute atomic E-state index is 0.557. The first-order valence-corrected chi connectivity index (χ1v) is 7.40. The molecule has 3 heteroatoms. The van der Waals surface area contributed by atoms with Crippen LogP contribution in [0.3, 0.4) is 0 Å². The van der Waals surface area contributed by atoms with Crippen LogP contribution in [0.25, 0.3) is 0 Å². The van der Waals surface area contributed by atoms with Gasteiger partial charge in [-0.1, -0.05) is 13.8 Å². The van der Waals surface area contributed by atoms with Crippen molar-refractivity contribution >= 4 is 36.2 Å². The molecule has 0 bridgehead atoms. The van der Waals surface area contributed by atoms with E-state index < -0.39 is 0 Å². The van der Waals surface area contributed by atoms with Crippen LogP contribution in [0.1, 0.15) is 33.1 Å². The van der Waals surface area contributed by atoms with Crippen LogP contribution in [0.2, 0.25) is 0 Å². The molecule has 0 saturated heterocycles. The van der Waals surface area contributed by atoms with E-state index in [-0.39, 0.29) is 0 Å². The number of hydrogen-bond acceptors (Lipinski definition) is 3. The molecule has 0 spiro atoms. The third-order valence-corrected chi connectivity index (χ3v) is 4.77. The summed E-state index contributed by atoms with van der Waals surface area (Å²) in [6.07, 6.45) is 3.82. The van der Waals surface area contributed by atoms with Gasteiger partial charge in [0, 0.05) is 4.58 Å². The Balaban J connectivity index is 2.90. The van der Waals surface area contributed by atoms with Gasteiger partial charge in [-0.15, -0.1) is 11.8 Å². The minimum atomic E-state index is 0.557. The van der Waals surface area contributed by atoms with Gasteiger partial charge in [-0.25, -0.2) is 0 Å². The second-order valence-corrected chi connectivity index (χ2v) is 6.21. The molecule has 0 aromatic carbocycles. The lowest BCUT2D eigenvalue weighted by atomic mass is 10.6. The Kier molecular flexibility index (Phi) is 11.0. The fourth-order valence-electron chi connectivity index (χ4n) is 0.745. The highest BCUT2D eigenvalue weighted by molar-refractivity contribution is 8.10. The number of thioether (sulfide) groups is 2. The maximum atomic E-state index is 4.43. The normalized spacial score (nSPS) is 13.2.